The summed E-state index contributed by atoms with van der Waals surface area (Å²) in [4.78, 5) is 21.4. The molecule has 6 nitrogen and oxygen atoms in total. The van der Waals surface area contributed by atoms with E-state index in [0.29, 0.717) is 5.56 Å². The van der Waals surface area contributed by atoms with Crippen LogP contribution in [0.2, 0.25) is 0 Å². The number of benzene rings is 2. The van der Waals surface area contributed by atoms with Crippen LogP contribution >= 0.6 is 0 Å². The van der Waals surface area contributed by atoms with Gasteiger partial charge in [-0.3, -0.25) is 10.1 Å². The van der Waals surface area contributed by atoms with Crippen molar-refractivity contribution < 1.29 is 24.3 Å². The zero-order chi connectivity index (χ0) is 17.1. The minimum absolute atomic E-state index is 0.135. The molecule has 0 saturated heterocycles. The summed E-state index contributed by atoms with van der Waals surface area (Å²) in [7, 11) is 0. The number of phenols is 1. The number of aryl methyl sites for hydroxylation is 1. The standard InChI is InChI=1S/C16H12FNO5/c1-9-2-4-11(8-13(9)17)12(16(20)21)6-10-3-5-15(19)14(7-10)18(22)23/h2-8,19H,1H3,(H,20,21)/b12-6-. The highest BCUT2D eigenvalue weighted by molar-refractivity contribution is 6.20. The van der Waals surface area contributed by atoms with E-state index >= 15 is 0 Å². The third-order valence-electron chi connectivity index (χ3n) is 3.22. The maximum atomic E-state index is 13.6. The van der Waals surface area contributed by atoms with Crippen LogP contribution in [0.5, 0.6) is 5.75 Å². The van der Waals surface area contributed by atoms with Gasteiger partial charge < -0.3 is 10.2 Å². The van der Waals surface area contributed by atoms with Gasteiger partial charge in [0.2, 0.25) is 0 Å². The van der Waals surface area contributed by atoms with Crippen molar-refractivity contribution >= 4 is 23.3 Å². The third kappa shape index (κ3) is 3.52. The van der Waals surface area contributed by atoms with E-state index in [1.54, 1.807) is 6.92 Å². The van der Waals surface area contributed by atoms with Crippen LogP contribution in [0.1, 0.15) is 16.7 Å². The van der Waals surface area contributed by atoms with Gasteiger partial charge >= 0.3 is 11.7 Å². The van der Waals surface area contributed by atoms with Gasteiger partial charge in [-0.1, -0.05) is 18.2 Å². The van der Waals surface area contributed by atoms with Crippen LogP contribution in [0.25, 0.3) is 11.6 Å². The average Bonchev–Trinajstić information content (AvgIpc) is 2.48. The fraction of sp³-hybridized carbons (Fsp3) is 0.0625. The summed E-state index contributed by atoms with van der Waals surface area (Å²) >= 11 is 0. The Kier molecular flexibility index (Phi) is 4.40. The van der Waals surface area contributed by atoms with Crippen molar-refractivity contribution in [3.63, 3.8) is 0 Å². The van der Waals surface area contributed by atoms with Crippen LogP contribution in [0.4, 0.5) is 10.1 Å². The molecule has 0 radical (unpaired) electrons. The van der Waals surface area contributed by atoms with Gasteiger partial charge in [-0.2, -0.15) is 0 Å². The van der Waals surface area contributed by atoms with Gasteiger partial charge in [0.15, 0.2) is 5.75 Å². The molecule has 0 aliphatic carbocycles. The Balaban J connectivity index is 2.55. The highest BCUT2D eigenvalue weighted by atomic mass is 19.1. The number of aliphatic carboxylic acids is 1. The monoisotopic (exact) mass is 317 g/mol. The number of carboxylic acids is 1. The Morgan fingerprint density at radius 3 is 2.52 bits per heavy atom. The number of carbonyl (C=O) groups is 1. The van der Waals surface area contributed by atoms with Crippen LogP contribution in [-0.2, 0) is 4.79 Å². The normalized spacial score (nSPS) is 11.3. The Labute approximate surface area is 130 Å². The Bertz CT molecular complexity index is 829. The van der Waals surface area contributed by atoms with E-state index in [1.807, 2.05) is 0 Å². The van der Waals surface area contributed by atoms with Crippen molar-refractivity contribution in [2.24, 2.45) is 0 Å². The number of carboxylic acid groups (broad SMARTS) is 1. The molecule has 2 aromatic rings. The Hall–Kier alpha value is -3.22. The molecule has 7 heteroatoms. The number of nitro groups is 1. The van der Waals surface area contributed by atoms with E-state index in [2.05, 4.69) is 0 Å². The summed E-state index contributed by atoms with van der Waals surface area (Å²) in [6, 6.07) is 7.45. The molecule has 0 bridgehead atoms. The molecule has 0 spiro atoms. The molecule has 2 rings (SSSR count). The number of nitro benzene ring substituents is 1. The molecule has 0 atom stereocenters. The number of nitrogens with zero attached hydrogens (tertiary/aromatic N) is 1. The minimum atomic E-state index is -1.30. The van der Waals surface area contributed by atoms with E-state index < -0.39 is 28.1 Å². The summed E-state index contributed by atoms with van der Waals surface area (Å²) < 4.78 is 13.6. The average molecular weight is 317 g/mol. The molecule has 0 aliphatic heterocycles. The van der Waals surface area contributed by atoms with Crippen LogP contribution in [0, 0.1) is 22.9 Å². The lowest BCUT2D eigenvalue weighted by Gasteiger charge is -2.05. The number of hydrogen-bond donors (Lipinski definition) is 2. The van der Waals surface area contributed by atoms with E-state index in [1.165, 1.54) is 24.3 Å². The van der Waals surface area contributed by atoms with E-state index in [9.17, 15) is 29.5 Å². The van der Waals surface area contributed by atoms with Gasteiger partial charge in [0.25, 0.3) is 0 Å². The largest absolute Gasteiger partial charge is 0.502 e. The van der Waals surface area contributed by atoms with Crippen molar-refractivity contribution in [3.05, 3.63) is 69.0 Å². The summed E-state index contributed by atoms with van der Waals surface area (Å²) in [5.41, 5.74) is -0.0505. The molecule has 0 unspecified atom stereocenters. The number of aromatic hydroxyl groups is 1. The lowest BCUT2D eigenvalue weighted by Crippen LogP contribution is -2.01. The van der Waals surface area contributed by atoms with Crippen LogP contribution in [0.3, 0.4) is 0 Å². The first-order valence-electron chi connectivity index (χ1n) is 6.48. The molecule has 0 aromatic heterocycles. The van der Waals surface area contributed by atoms with Gasteiger partial charge in [-0.15, -0.1) is 0 Å². The van der Waals surface area contributed by atoms with Gasteiger partial charge in [-0.25, -0.2) is 9.18 Å². The highest BCUT2D eigenvalue weighted by Gasteiger charge is 2.16. The van der Waals surface area contributed by atoms with Crippen molar-refractivity contribution in [2.75, 3.05) is 0 Å². The summed E-state index contributed by atoms with van der Waals surface area (Å²) in [5, 5.41) is 29.5. The molecule has 0 heterocycles. The second-order valence-electron chi connectivity index (χ2n) is 4.83. The first kappa shape index (κ1) is 16.2. The SMILES string of the molecule is Cc1ccc(/C(=C/c2ccc(O)c([N+](=O)[O-])c2)C(=O)O)cc1F. The zero-order valence-corrected chi connectivity index (χ0v) is 12.0. The fourth-order valence-corrected chi connectivity index (χ4v) is 1.97. The number of phenolic OH excluding ortho intramolecular Hbond substituents is 1. The molecule has 118 valence electrons. The van der Waals surface area contributed by atoms with Crippen molar-refractivity contribution in [2.45, 2.75) is 6.92 Å². The highest BCUT2D eigenvalue weighted by Crippen LogP contribution is 2.28. The smallest absolute Gasteiger partial charge is 0.336 e. The summed E-state index contributed by atoms with van der Waals surface area (Å²) in [5.74, 6) is -2.37. The maximum absolute atomic E-state index is 13.6. The zero-order valence-electron chi connectivity index (χ0n) is 12.0. The molecule has 0 amide bonds. The predicted molar refractivity (Wildman–Crippen MR) is 81.4 cm³/mol. The molecular formula is C16H12FNO5. The molecule has 2 aromatic carbocycles. The summed E-state index contributed by atoms with van der Waals surface area (Å²) in [6.07, 6.45) is 1.18. The van der Waals surface area contributed by atoms with Crippen LogP contribution in [0.15, 0.2) is 36.4 Å². The Morgan fingerprint density at radius 2 is 1.96 bits per heavy atom. The third-order valence-corrected chi connectivity index (χ3v) is 3.22. The first-order valence-corrected chi connectivity index (χ1v) is 6.48. The maximum Gasteiger partial charge on any atom is 0.336 e. The topological polar surface area (TPSA) is 101 Å². The van der Waals surface area contributed by atoms with Gasteiger partial charge in [0, 0.05) is 6.07 Å². The molecule has 2 N–H and O–H groups in total. The van der Waals surface area contributed by atoms with Crippen molar-refractivity contribution in [1.29, 1.82) is 0 Å². The summed E-state index contributed by atoms with van der Waals surface area (Å²) in [6.45, 7) is 1.55. The number of rotatable bonds is 4. The minimum Gasteiger partial charge on any atom is -0.502 e. The predicted octanol–water partition coefficient (Wildman–Crippen LogP) is 3.37. The second kappa shape index (κ2) is 6.27. The van der Waals surface area contributed by atoms with Crippen LogP contribution in [-0.4, -0.2) is 21.1 Å². The van der Waals surface area contributed by atoms with Crippen molar-refractivity contribution in [3.8, 4) is 5.75 Å². The molecule has 0 aliphatic rings. The van der Waals surface area contributed by atoms with E-state index in [-0.39, 0.29) is 16.7 Å². The molecule has 0 saturated carbocycles. The van der Waals surface area contributed by atoms with Crippen LogP contribution < -0.4 is 0 Å². The fourth-order valence-electron chi connectivity index (χ4n) is 1.97. The molecule has 0 fully saturated rings. The first-order chi connectivity index (χ1) is 10.8. The Morgan fingerprint density at radius 1 is 1.26 bits per heavy atom. The van der Waals surface area contributed by atoms with Gasteiger partial charge in [0.1, 0.15) is 5.82 Å². The second-order valence-corrected chi connectivity index (χ2v) is 4.83. The van der Waals surface area contributed by atoms with E-state index in [0.717, 1.165) is 18.2 Å². The van der Waals surface area contributed by atoms with Gasteiger partial charge in [0.05, 0.1) is 10.5 Å². The lowest BCUT2D eigenvalue weighted by molar-refractivity contribution is -0.385. The van der Waals surface area contributed by atoms with E-state index in [4.69, 9.17) is 0 Å². The molecule has 23 heavy (non-hydrogen) atoms. The quantitative estimate of drug-likeness (QED) is 0.390. The lowest BCUT2D eigenvalue weighted by atomic mass is 10.0. The van der Waals surface area contributed by atoms with Crippen molar-refractivity contribution in [1.82, 2.24) is 0 Å². The molecular weight excluding hydrogens is 305 g/mol. The number of halogens is 1. The van der Waals surface area contributed by atoms with Gasteiger partial charge in [-0.05, 0) is 41.8 Å². The number of hydrogen-bond acceptors (Lipinski definition) is 4.